The van der Waals surface area contributed by atoms with Crippen LogP contribution in [0.15, 0.2) is 0 Å². The van der Waals surface area contributed by atoms with Crippen molar-refractivity contribution >= 4 is 0 Å². The maximum atomic E-state index is 12.9. The second kappa shape index (κ2) is 4.86. The minimum atomic E-state index is -2.46. The zero-order valence-corrected chi connectivity index (χ0v) is 7.94. The molecule has 0 amide bonds. The van der Waals surface area contributed by atoms with Crippen LogP contribution in [-0.4, -0.2) is 37.0 Å². The van der Waals surface area contributed by atoms with Crippen LogP contribution in [0.2, 0.25) is 0 Å². The van der Waals surface area contributed by atoms with Crippen LogP contribution >= 0.6 is 0 Å². The molecule has 0 aromatic rings. The monoisotopic (exact) mass is 192 g/mol. The van der Waals surface area contributed by atoms with Gasteiger partial charge in [0.15, 0.2) is 0 Å². The molecule has 1 saturated heterocycles. The van der Waals surface area contributed by atoms with E-state index in [0.717, 1.165) is 25.9 Å². The number of nitrogens with two attached hydrogens (primary N) is 1. The molecule has 0 atom stereocenters. The number of alkyl halides is 2. The predicted octanol–water partition coefficient (Wildman–Crippen LogP) is 1.46. The highest BCUT2D eigenvalue weighted by Gasteiger charge is 2.34. The number of piperidine rings is 1. The van der Waals surface area contributed by atoms with Gasteiger partial charge in [0.05, 0.1) is 6.54 Å². The van der Waals surface area contributed by atoms with E-state index in [2.05, 4.69) is 0 Å². The van der Waals surface area contributed by atoms with Gasteiger partial charge < -0.3 is 5.73 Å². The Morgan fingerprint density at radius 1 is 1.31 bits per heavy atom. The SMILES string of the molecule is NCCCCN1CCCC(F)(F)C1. The summed E-state index contributed by atoms with van der Waals surface area (Å²) in [6.07, 6.45) is 2.55. The van der Waals surface area contributed by atoms with Crippen molar-refractivity contribution in [3.63, 3.8) is 0 Å². The smallest absolute Gasteiger partial charge is 0.260 e. The molecule has 0 radical (unpaired) electrons. The Balaban J connectivity index is 2.19. The molecule has 1 heterocycles. The molecular weight excluding hydrogens is 174 g/mol. The lowest BCUT2D eigenvalue weighted by Gasteiger charge is -2.32. The van der Waals surface area contributed by atoms with Crippen LogP contribution in [0, 0.1) is 0 Å². The largest absolute Gasteiger partial charge is 0.330 e. The van der Waals surface area contributed by atoms with Gasteiger partial charge in [0.25, 0.3) is 5.92 Å². The molecule has 1 fully saturated rings. The molecule has 1 aliphatic rings. The summed E-state index contributed by atoms with van der Waals surface area (Å²) in [5.74, 6) is -2.46. The first-order valence-corrected chi connectivity index (χ1v) is 4.94. The van der Waals surface area contributed by atoms with Crippen LogP contribution < -0.4 is 5.73 Å². The second-order valence-electron chi connectivity index (χ2n) is 3.73. The Labute approximate surface area is 78.1 Å². The lowest BCUT2D eigenvalue weighted by Crippen LogP contribution is -2.42. The van der Waals surface area contributed by atoms with Gasteiger partial charge in [-0.1, -0.05) is 0 Å². The minimum Gasteiger partial charge on any atom is -0.330 e. The van der Waals surface area contributed by atoms with Gasteiger partial charge >= 0.3 is 0 Å². The Hall–Kier alpha value is -0.220. The Morgan fingerprint density at radius 2 is 2.08 bits per heavy atom. The third kappa shape index (κ3) is 4.00. The van der Waals surface area contributed by atoms with Crippen molar-refractivity contribution in [2.45, 2.75) is 31.6 Å². The lowest BCUT2D eigenvalue weighted by atomic mass is 10.1. The zero-order valence-electron chi connectivity index (χ0n) is 7.94. The fourth-order valence-corrected chi connectivity index (χ4v) is 1.72. The lowest BCUT2D eigenvalue weighted by molar-refractivity contribution is -0.0640. The first-order valence-electron chi connectivity index (χ1n) is 4.94. The van der Waals surface area contributed by atoms with E-state index in [1.54, 1.807) is 0 Å². The molecule has 0 aromatic heterocycles. The van der Waals surface area contributed by atoms with Gasteiger partial charge in [0.2, 0.25) is 0 Å². The molecule has 0 aromatic carbocycles. The van der Waals surface area contributed by atoms with E-state index in [9.17, 15) is 8.78 Å². The number of hydrogen-bond donors (Lipinski definition) is 1. The van der Waals surface area contributed by atoms with E-state index < -0.39 is 5.92 Å². The average Bonchev–Trinajstić information content (AvgIpc) is 2.03. The maximum Gasteiger partial charge on any atom is 0.260 e. The minimum absolute atomic E-state index is 0.0559. The summed E-state index contributed by atoms with van der Waals surface area (Å²) < 4.78 is 25.8. The number of rotatable bonds is 4. The number of likely N-dealkylation sites (tertiary alicyclic amines) is 1. The van der Waals surface area contributed by atoms with Crippen molar-refractivity contribution in [1.29, 1.82) is 0 Å². The molecule has 2 nitrogen and oxygen atoms in total. The molecular formula is C9H18F2N2. The van der Waals surface area contributed by atoms with E-state index in [1.165, 1.54) is 0 Å². The number of nitrogens with zero attached hydrogens (tertiary/aromatic N) is 1. The zero-order chi connectivity index (χ0) is 9.73. The normalized spacial score (nSPS) is 23.3. The summed E-state index contributed by atoms with van der Waals surface area (Å²) in [6, 6.07) is 0. The van der Waals surface area contributed by atoms with Crippen LogP contribution in [0.25, 0.3) is 0 Å². The summed E-state index contributed by atoms with van der Waals surface area (Å²) in [5.41, 5.74) is 5.33. The molecule has 0 spiro atoms. The highest BCUT2D eigenvalue weighted by molar-refractivity contribution is 4.78. The summed E-state index contributed by atoms with van der Waals surface area (Å²) >= 11 is 0. The van der Waals surface area contributed by atoms with E-state index in [0.29, 0.717) is 13.0 Å². The molecule has 1 aliphatic heterocycles. The van der Waals surface area contributed by atoms with Crippen molar-refractivity contribution in [2.24, 2.45) is 5.73 Å². The van der Waals surface area contributed by atoms with Crippen LogP contribution in [0.5, 0.6) is 0 Å². The predicted molar refractivity (Wildman–Crippen MR) is 48.9 cm³/mol. The molecule has 4 heteroatoms. The fourth-order valence-electron chi connectivity index (χ4n) is 1.72. The third-order valence-electron chi connectivity index (χ3n) is 2.40. The highest BCUT2D eigenvalue weighted by atomic mass is 19.3. The van der Waals surface area contributed by atoms with Crippen LogP contribution in [0.1, 0.15) is 25.7 Å². The van der Waals surface area contributed by atoms with Gasteiger partial charge in [-0.3, -0.25) is 4.90 Å². The van der Waals surface area contributed by atoms with Gasteiger partial charge in [0, 0.05) is 6.42 Å². The van der Waals surface area contributed by atoms with Gasteiger partial charge in [-0.05, 0) is 38.9 Å². The van der Waals surface area contributed by atoms with E-state index in [1.807, 2.05) is 4.90 Å². The molecule has 0 saturated carbocycles. The van der Waals surface area contributed by atoms with Crippen molar-refractivity contribution in [3.8, 4) is 0 Å². The fraction of sp³-hybridized carbons (Fsp3) is 1.00. The molecule has 0 bridgehead atoms. The molecule has 1 rings (SSSR count). The molecule has 2 N–H and O–H groups in total. The standard InChI is InChI=1S/C9H18F2N2/c10-9(11)4-3-7-13(8-9)6-2-1-5-12/h1-8,12H2. The van der Waals surface area contributed by atoms with Gasteiger partial charge in [-0.15, -0.1) is 0 Å². The Morgan fingerprint density at radius 3 is 2.69 bits per heavy atom. The molecule has 13 heavy (non-hydrogen) atoms. The quantitative estimate of drug-likeness (QED) is 0.683. The van der Waals surface area contributed by atoms with Crippen molar-refractivity contribution in [2.75, 3.05) is 26.2 Å². The third-order valence-corrected chi connectivity index (χ3v) is 2.40. The topological polar surface area (TPSA) is 29.3 Å². The van der Waals surface area contributed by atoms with Crippen LogP contribution in [0.4, 0.5) is 8.78 Å². The Bertz CT molecular complexity index is 151. The van der Waals surface area contributed by atoms with Crippen LogP contribution in [-0.2, 0) is 0 Å². The molecule has 0 aliphatic carbocycles. The highest BCUT2D eigenvalue weighted by Crippen LogP contribution is 2.26. The summed E-state index contributed by atoms with van der Waals surface area (Å²) in [5, 5.41) is 0. The van der Waals surface area contributed by atoms with Crippen molar-refractivity contribution < 1.29 is 8.78 Å². The number of unbranched alkanes of at least 4 members (excludes halogenated alkanes) is 1. The molecule has 0 unspecified atom stereocenters. The van der Waals surface area contributed by atoms with E-state index in [-0.39, 0.29) is 13.0 Å². The first kappa shape index (κ1) is 10.9. The van der Waals surface area contributed by atoms with Crippen molar-refractivity contribution in [3.05, 3.63) is 0 Å². The first-order chi connectivity index (χ1) is 6.14. The van der Waals surface area contributed by atoms with Gasteiger partial charge in [-0.2, -0.15) is 0 Å². The number of halogens is 2. The number of hydrogen-bond acceptors (Lipinski definition) is 2. The van der Waals surface area contributed by atoms with Gasteiger partial charge in [0.1, 0.15) is 0 Å². The molecule has 78 valence electrons. The van der Waals surface area contributed by atoms with Gasteiger partial charge in [-0.25, -0.2) is 8.78 Å². The Kier molecular flexibility index (Phi) is 4.06. The average molecular weight is 192 g/mol. The summed E-state index contributed by atoms with van der Waals surface area (Å²) in [7, 11) is 0. The van der Waals surface area contributed by atoms with E-state index in [4.69, 9.17) is 5.73 Å². The summed E-state index contributed by atoms with van der Waals surface area (Å²) in [4.78, 5) is 1.85. The summed E-state index contributed by atoms with van der Waals surface area (Å²) in [6.45, 7) is 2.19. The maximum absolute atomic E-state index is 12.9. The second-order valence-corrected chi connectivity index (χ2v) is 3.73. The van der Waals surface area contributed by atoms with Crippen LogP contribution in [0.3, 0.4) is 0 Å². The van der Waals surface area contributed by atoms with E-state index >= 15 is 0 Å². The van der Waals surface area contributed by atoms with Crippen molar-refractivity contribution in [1.82, 2.24) is 4.90 Å².